The molecule has 0 unspecified atom stereocenters. The first-order valence-corrected chi connectivity index (χ1v) is 11.3. The summed E-state index contributed by atoms with van der Waals surface area (Å²) in [4.78, 5) is 35.1. The Morgan fingerprint density at radius 1 is 1.21 bits per heavy atom. The summed E-state index contributed by atoms with van der Waals surface area (Å²) in [5.41, 5.74) is -1.05. The zero-order chi connectivity index (χ0) is 25.0. The summed E-state index contributed by atoms with van der Waals surface area (Å²) < 4.78 is 38.9. The molecular formula is C19H13ClF3N5O4S2. The van der Waals surface area contributed by atoms with Crippen LogP contribution in [0.4, 0.5) is 29.7 Å². The molecule has 0 saturated heterocycles. The zero-order valence-electron chi connectivity index (χ0n) is 17.0. The average Bonchev–Trinajstić information content (AvgIpc) is 3.20. The monoisotopic (exact) mass is 531 g/mol. The minimum absolute atomic E-state index is 0.0521. The fourth-order valence-corrected chi connectivity index (χ4v) is 4.37. The number of alkyl halides is 3. The first-order valence-electron chi connectivity index (χ1n) is 9.14. The summed E-state index contributed by atoms with van der Waals surface area (Å²) in [6, 6.07) is 6.67. The third kappa shape index (κ3) is 6.21. The first-order chi connectivity index (χ1) is 16.0. The molecule has 0 fully saturated rings. The molecule has 3 rings (SSSR count). The van der Waals surface area contributed by atoms with E-state index in [1.807, 2.05) is 0 Å². The fourth-order valence-electron chi connectivity index (χ4n) is 2.66. The predicted molar refractivity (Wildman–Crippen MR) is 122 cm³/mol. The number of halogens is 4. The highest BCUT2D eigenvalue weighted by Crippen LogP contribution is 2.34. The number of carbonyl (C=O) groups is 2. The number of nitrogens with one attached hydrogen (secondary N) is 2. The van der Waals surface area contributed by atoms with Gasteiger partial charge in [-0.3, -0.25) is 25.0 Å². The topological polar surface area (TPSA) is 127 Å². The molecule has 2 aromatic carbocycles. The largest absolute Gasteiger partial charge is 0.416 e. The molecule has 9 nitrogen and oxygen atoms in total. The molecule has 0 radical (unpaired) electrons. The van der Waals surface area contributed by atoms with Gasteiger partial charge in [0.2, 0.25) is 11.0 Å². The Kier molecular flexibility index (Phi) is 7.74. The van der Waals surface area contributed by atoms with Crippen molar-refractivity contribution in [1.29, 1.82) is 0 Å². The molecule has 0 aliphatic carbocycles. The molecule has 2 N–H and O–H groups in total. The minimum Gasteiger partial charge on any atom is -0.324 e. The average molecular weight is 532 g/mol. The maximum atomic E-state index is 12.9. The van der Waals surface area contributed by atoms with Crippen LogP contribution in [0.3, 0.4) is 0 Å². The van der Waals surface area contributed by atoms with Gasteiger partial charge in [-0.2, -0.15) is 13.2 Å². The molecule has 0 spiro atoms. The van der Waals surface area contributed by atoms with E-state index in [0.717, 1.165) is 41.3 Å². The lowest BCUT2D eigenvalue weighted by molar-refractivity contribution is -0.385. The SMILES string of the molecule is Cc1c(C(=O)Nc2nnc(SCC(=O)Nc3cc(C(F)(F)F)ccc3Cl)s2)cccc1[N+](=O)[O-]. The summed E-state index contributed by atoms with van der Waals surface area (Å²) in [5, 5.41) is 23.5. The number of nitro groups is 1. The van der Waals surface area contributed by atoms with E-state index in [9.17, 15) is 32.9 Å². The Morgan fingerprint density at radius 3 is 2.62 bits per heavy atom. The molecule has 0 atom stereocenters. The number of aromatic nitrogens is 2. The Balaban J connectivity index is 1.60. The Bertz CT molecular complexity index is 1270. The Labute approximate surface area is 202 Å². The van der Waals surface area contributed by atoms with Gasteiger partial charge in [-0.1, -0.05) is 40.8 Å². The number of thioether (sulfide) groups is 1. The molecule has 0 aliphatic rings. The van der Waals surface area contributed by atoms with Crippen LogP contribution in [0, 0.1) is 17.0 Å². The molecule has 1 aromatic heterocycles. The van der Waals surface area contributed by atoms with E-state index in [1.165, 1.54) is 25.1 Å². The quantitative estimate of drug-likeness (QED) is 0.180. The van der Waals surface area contributed by atoms with Crippen molar-refractivity contribution >= 4 is 63.0 Å². The van der Waals surface area contributed by atoms with Crippen LogP contribution in [0.25, 0.3) is 0 Å². The zero-order valence-corrected chi connectivity index (χ0v) is 19.4. The van der Waals surface area contributed by atoms with Crippen LogP contribution in [-0.2, 0) is 11.0 Å². The van der Waals surface area contributed by atoms with Crippen molar-refractivity contribution < 1.29 is 27.7 Å². The van der Waals surface area contributed by atoms with Crippen molar-refractivity contribution in [3.8, 4) is 0 Å². The summed E-state index contributed by atoms with van der Waals surface area (Å²) in [6.07, 6.45) is -4.59. The van der Waals surface area contributed by atoms with Crippen LogP contribution in [0.15, 0.2) is 40.7 Å². The third-order valence-electron chi connectivity index (χ3n) is 4.27. The van der Waals surface area contributed by atoms with Gasteiger partial charge in [0.15, 0.2) is 4.34 Å². The molecule has 3 aromatic rings. The van der Waals surface area contributed by atoms with Gasteiger partial charge in [0, 0.05) is 17.2 Å². The second-order valence-electron chi connectivity index (χ2n) is 6.56. The number of benzene rings is 2. The van der Waals surface area contributed by atoms with Gasteiger partial charge in [-0.05, 0) is 31.2 Å². The van der Waals surface area contributed by atoms with E-state index < -0.39 is 28.5 Å². The van der Waals surface area contributed by atoms with Crippen molar-refractivity contribution in [3.05, 3.63) is 68.2 Å². The van der Waals surface area contributed by atoms with Crippen LogP contribution in [0.5, 0.6) is 0 Å². The van der Waals surface area contributed by atoms with Gasteiger partial charge in [-0.25, -0.2) is 0 Å². The molecule has 34 heavy (non-hydrogen) atoms. The molecule has 1 heterocycles. The summed E-state index contributed by atoms with van der Waals surface area (Å²) >= 11 is 7.75. The molecule has 0 aliphatic heterocycles. The lowest BCUT2D eigenvalue weighted by Gasteiger charge is -2.11. The number of nitro benzene ring substituents is 1. The third-order valence-corrected chi connectivity index (χ3v) is 6.57. The number of anilines is 2. The predicted octanol–water partition coefficient (Wildman–Crippen LogP) is 5.41. The maximum Gasteiger partial charge on any atom is 0.416 e. The van der Waals surface area contributed by atoms with E-state index >= 15 is 0 Å². The highest BCUT2D eigenvalue weighted by molar-refractivity contribution is 8.01. The molecule has 15 heteroatoms. The van der Waals surface area contributed by atoms with Crippen molar-refractivity contribution in [2.75, 3.05) is 16.4 Å². The van der Waals surface area contributed by atoms with Gasteiger partial charge >= 0.3 is 6.18 Å². The summed E-state index contributed by atoms with van der Waals surface area (Å²) in [7, 11) is 0. The lowest BCUT2D eigenvalue weighted by Crippen LogP contribution is -2.15. The summed E-state index contributed by atoms with van der Waals surface area (Å²) in [6.45, 7) is 1.45. The van der Waals surface area contributed by atoms with Gasteiger partial charge in [0.25, 0.3) is 11.6 Å². The van der Waals surface area contributed by atoms with Crippen LogP contribution in [0.1, 0.15) is 21.5 Å². The second kappa shape index (κ2) is 10.4. The van der Waals surface area contributed by atoms with Gasteiger partial charge in [0.05, 0.1) is 26.9 Å². The Morgan fingerprint density at radius 2 is 1.94 bits per heavy atom. The fraction of sp³-hybridized carbons (Fsp3) is 0.158. The number of rotatable bonds is 7. The number of carbonyl (C=O) groups excluding carboxylic acids is 2. The van der Waals surface area contributed by atoms with Gasteiger partial charge in [-0.15, -0.1) is 10.2 Å². The van der Waals surface area contributed by atoms with Gasteiger partial charge < -0.3 is 5.32 Å². The molecule has 0 bridgehead atoms. The van der Waals surface area contributed by atoms with Gasteiger partial charge in [0.1, 0.15) is 0 Å². The molecule has 178 valence electrons. The van der Waals surface area contributed by atoms with Crippen LogP contribution in [-0.4, -0.2) is 32.7 Å². The molecule has 2 amide bonds. The number of hydrogen-bond donors (Lipinski definition) is 2. The van der Waals surface area contributed by atoms with Crippen molar-refractivity contribution in [2.24, 2.45) is 0 Å². The van der Waals surface area contributed by atoms with E-state index in [2.05, 4.69) is 20.8 Å². The maximum absolute atomic E-state index is 12.9. The second-order valence-corrected chi connectivity index (χ2v) is 9.17. The highest BCUT2D eigenvalue weighted by Gasteiger charge is 2.31. The number of nitrogens with zero attached hydrogens (tertiary/aromatic N) is 3. The van der Waals surface area contributed by atoms with E-state index in [4.69, 9.17) is 11.6 Å². The van der Waals surface area contributed by atoms with Crippen LogP contribution < -0.4 is 10.6 Å². The van der Waals surface area contributed by atoms with E-state index in [0.29, 0.717) is 4.34 Å². The standard InChI is InChI=1S/C19H13ClF3N5O4S2/c1-9-11(3-2-4-14(9)28(31)32)16(30)25-17-26-27-18(34-17)33-8-15(29)24-13-7-10(19(21,22)23)5-6-12(13)20/h2-7H,8H2,1H3,(H,24,29)(H,25,26,30). The number of hydrogen-bond acceptors (Lipinski definition) is 8. The molecule has 0 saturated carbocycles. The van der Waals surface area contributed by atoms with Crippen molar-refractivity contribution in [3.63, 3.8) is 0 Å². The normalized spacial score (nSPS) is 11.2. The van der Waals surface area contributed by atoms with E-state index in [1.54, 1.807) is 0 Å². The smallest absolute Gasteiger partial charge is 0.324 e. The molecular weight excluding hydrogens is 519 g/mol. The first kappa shape index (κ1) is 25.4. The Hall–Kier alpha value is -3.23. The van der Waals surface area contributed by atoms with Crippen molar-refractivity contribution in [2.45, 2.75) is 17.4 Å². The van der Waals surface area contributed by atoms with Crippen LogP contribution >= 0.6 is 34.7 Å². The summed E-state index contributed by atoms with van der Waals surface area (Å²) in [5.74, 6) is -1.45. The number of amides is 2. The lowest BCUT2D eigenvalue weighted by atomic mass is 10.1. The van der Waals surface area contributed by atoms with E-state index in [-0.39, 0.29) is 38.4 Å². The minimum atomic E-state index is -4.59. The highest BCUT2D eigenvalue weighted by atomic mass is 35.5. The van der Waals surface area contributed by atoms with Crippen LogP contribution in [0.2, 0.25) is 5.02 Å². The van der Waals surface area contributed by atoms with Crippen molar-refractivity contribution in [1.82, 2.24) is 10.2 Å².